The summed E-state index contributed by atoms with van der Waals surface area (Å²) in [4.78, 5) is 3.17. The molecule has 0 bridgehead atoms. The summed E-state index contributed by atoms with van der Waals surface area (Å²) in [6.07, 6.45) is 8.70. The number of aromatic nitrogens is 2. The average Bonchev–Trinajstić information content (AvgIpc) is 2.63. The molecule has 1 aliphatic carbocycles. The third kappa shape index (κ3) is 2.40. The first-order chi connectivity index (χ1) is 7.72. The van der Waals surface area contributed by atoms with Crippen molar-refractivity contribution in [1.82, 2.24) is 9.55 Å². The van der Waals surface area contributed by atoms with E-state index in [0.717, 1.165) is 29.6 Å². The van der Waals surface area contributed by atoms with Gasteiger partial charge in [0.25, 0.3) is 0 Å². The van der Waals surface area contributed by atoms with Gasteiger partial charge < -0.3 is 9.55 Å². The van der Waals surface area contributed by atoms with E-state index in [1.807, 2.05) is 0 Å². The van der Waals surface area contributed by atoms with Gasteiger partial charge in [-0.15, -0.1) is 0 Å². The van der Waals surface area contributed by atoms with Gasteiger partial charge in [-0.05, 0) is 36.9 Å². The maximum Gasteiger partial charge on any atom is 0.177 e. The topological polar surface area (TPSA) is 20.7 Å². The van der Waals surface area contributed by atoms with Gasteiger partial charge in [-0.25, -0.2) is 0 Å². The van der Waals surface area contributed by atoms with Crippen molar-refractivity contribution < 1.29 is 0 Å². The summed E-state index contributed by atoms with van der Waals surface area (Å²) < 4.78 is 3.21. The fourth-order valence-corrected chi connectivity index (χ4v) is 3.07. The molecule has 1 N–H and O–H groups in total. The van der Waals surface area contributed by atoms with Gasteiger partial charge in [0.15, 0.2) is 4.77 Å². The van der Waals surface area contributed by atoms with E-state index in [-0.39, 0.29) is 0 Å². The summed E-state index contributed by atoms with van der Waals surface area (Å²) in [5, 5.41) is 0. The molecule has 2 unspecified atom stereocenters. The van der Waals surface area contributed by atoms with Gasteiger partial charge in [-0.2, -0.15) is 0 Å². The first kappa shape index (κ1) is 11.9. The van der Waals surface area contributed by atoms with Crippen LogP contribution < -0.4 is 0 Å². The molecule has 0 aliphatic heterocycles. The van der Waals surface area contributed by atoms with Crippen LogP contribution >= 0.6 is 12.2 Å². The molecular formula is C13H22N2S. The van der Waals surface area contributed by atoms with Crippen molar-refractivity contribution >= 4 is 12.2 Å². The molecule has 1 aliphatic rings. The Morgan fingerprint density at radius 2 is 2.19 bits per heavy atom. The second kappa shape index (κ2) is 5.17. The molecule has 0 saturated heterocycles. The minimum atomic E-state index is 0.821. The molecule has 0 radical (unpaired) electrons. The Hall–Kier alpha value is -0.570. The Bertz CT molecular complexity index is 391. The molecule has 1 aromatic heterocycles. The lowest BCUT2D eigenvalue weighted by atomic mass is 9.80. The fourth-order valence-electron chi connectivity index (χ4n) is 2.82. The molecule has 3 heteroatoms. The van der Waals surface area contributed by atoms with Crippen LogP contribution in [0.15, 0.2) is 6.20 Å². The molecule has 0 amide bonds. The molecule has 2 atom stereocenters. The van der Waals surface area contributed by atoms with E-state index >= 15 is 0 Å². The number of H-pyrrole nitrogens is 1. The van der Waals surface area contributed by atoms with Crippen LogP contribution in [-0.4, -0.2) is 9.55 Å². The highest BCUT2D eigenvalue weighted by atomic mass is 32.1. The Morgan fingerprint density at radius 3 is 2.88 bits per heavy atom. The molecule has 1 fully saturated rings. The molecule has 0 spiro atoms. The zero-order valence-corrected chi connectivity index (χ0v) is 11.1. The Kier molecular flexibility index (Phi) is 3.85. The van der Waals surface area contributed by atoms with E-state index in [0.29, 0.717) is 0 Å². The number of nitrogens with one attached hydrogen (secondary N) is 1. The standard InChI is InChI=1S/C13H22N2S/c1-3-12-8-14-13(16)15(12)9-11-7-5-4-6-10(11)2/h8,10-11H,3-7,9H2,1-2H3,(H,14,16). The van der Waals surface area contributed by atoms with Crippen molar-refractivity contribution in [2.45, 2.75) is 52.5 Å². The minimum absolute atomic E-state index is 0.821. The molecule has 1 saturated carbocycles. The van der Waals surface area contributed by atoms with Gasteiger partial charge in [-0.1, -0.05) is 33.1 Å². The molecule has 1 heterocycles. The summed E-state index contributed by atoms with van der Waals surface area (Å²) in [6.45, 7) is 5.71. The lowest BCUT2D eigenvalue weighted by Crippen LogP contribution is -2.22. The van der Waals surface area contributed by atoms with E-state index in [1.54, 1.807) is 0 Å². The molecule has 16 heavy (non-hydrogen) atoms. The monoisotopic (exact) mass is 238 g/mol. The highest BCUT2D eigenvalue weighted by molar-refractivity contribution is 7.71. The van der Waals surface area contributed by atoms with E-state index in [9.17, 15) is 0 Å². The van der Waals surface area contributed by atoms with Crippen LogP contribution in [0.1, 0.15) is 45.2 Å². The van der Waals surface area contributed by atoms with Crippen LogP contribution in [0, 0.1) is 16.6 Å². The Balaban J connectivity index is 2.13. The van der Waals surface area contributed by atoms with Gasteiger partial charge >= 0.3 is 0 Å². The lowest BCUT2D eigenvalue weighted by molar-refractivity contribution is 0.226. The first-order valence-electron chi connectivity index (χ1n) is 6.49. The Labute approximate surface area is 103 Å². The fraction of sp³-hybridized carbons (Fsp3) is 0.769. The second-order valence-corrected chi connectivity index (χ2v) is 5.46. The number of hydrogen-bond acceptors (Lipinski definition) is 1. The predicted molar refractivity (Wildman–Crippen MR) is 70.1 cm³/mol. The quantitative estimate of drug-likeness (QED) is 0.791. The molecule has 0 aromatic carbocycles. The van der Waals surface area contributed by atoms with Crippen molar-refractivity contribution in [1.29, 1.82) is 0 Å². The highest BCUT2D eigenvalue weighted by Gasteiger charge is 2.22. The van der Waals surface area contributed by atoms with Crippen LogP contribution in [0.4, 0.5) is 0 Å². The largest absolute Gasteiger partial charge is 0.337 e. The minimum Gasteiger partial charge on any atom is -0.337 e. The van der Waals surface area contributed by atoms with Gasteiger partial charge in [0, 0.05) is 18.4 Å². The van der Waals surface area contributed by atoms with Gasteiger partial charge in [0.2, 0.25) is 0 Å². The van der Waals surface area contributed by atoms with Gasteiger partial charge in [-0.3, -0.25) is 0 Å². The second-order valence-electron chi connectivity index (χ2n) is 5.07. The van der Waals surface area contributed by atoms with Crippen molar-refractivity contribution in [3.05, 3.63) is 16.7 Å². The smallest absolute Gasteiger partial charge is 0.177 e. The summed E-state index contributed by atoms with van der Waals surface area (Å²) in [5.41, 5.74) is 1.35. The van der Waals surface area contributed by atoms with E-state index in [1.165, 1.54) is 31.4 Å². The van der Waals surface area contributed by atoms with Crippen LogP contribution in [0.2, 0.25) is 0 Å². The van der Waals surface area contributed by atoms with E-state index in [4.69, 9.17) is 12.2 Å². The zero-order chi connectivity index (χ0) is 11.5. The van der Waals surface area contributed by atoms with Crippen LogP contribution in [0.25, 0.3) is 0 Å². The summed E-state index contributed by atoms with van der Waals surface area (Å²) >= 11 is 5.35. The van der Waals surface area contributed by atoms with Gasteiger partial charge in [0.05, 0.1) is 0 Å². The number of aryl methyl sites for hydroxylation is 1. The average molecular weight is 238 g/mol. The molecular weight excluding hydrogens is 216 g/mol. The number of aromatic amines is 1. The number of rotatable bonds is 3. The third-order valence-electron chi connectivity index (χ3n) is 4.02. The maximum atomic E-state index is 5.35. The Morgan fingerprint density at radius 1 is 1.44 bits per heavy atom. The predicted octanol–water partition coefficient (Wildman–Crippen LogP) is 3.93. The van der Waals surface area contributed by atoms with E-state index in [2.05, 4.69) is 29.6 Å². The van der Waals surface area contributed by atoms with Crippen molar-refractivity contribution in [3.8, 4) is 0 Å². The van der Waals surface area contributed by atoms with Crippen LogP contribution in [-0.2, 0) is 13.0 Å². The maximum absolute atomic E-state index is 5.35. The SMILES string of the molecule is CCc1c[nH]c(=S)n1CC1CCCCC1C. The van der Waals surface area contributed by atoms with Crippen LogP contribution in [0.3, 0.4) is 0 Å². The number of imidazole rings is 1. The summed E-state index contributed by atoms with van der Waals surface area (Å²) in [5.74, 6) is 1.68. The van der Waals surface area contributed by atoms with Crippen molar-refractivity contribution in [2.75, 3.05) is 0 Å². The van der Waals surface area contributed by atoms with Crippen molar-refractivity contribution in [2.24, 2.45) is 11.8 Å². The van der Waals surface area contributed by atoms with Gasteiger partial charge in [0.1, 0.15) is 0 Å². The number of nitrogens with zero attached hydrogens (tertiary/aromatic N) is 1. The molecule has 90 valence electrons. The molecule has 2 nitrogen and oxygen atoms in total. The first-order valence-corrected chi connectivity index (χ1v) is 6.90. The molecule has 2 rings (SSSR count). The van der Waals surface area contributed by atoms with E-state index < -0.39 is 0 Å². The number of hydrogen-bond donors (Lipinski definition) is 1. The molecule has 1 aromatic rings. The lowest BCUT2D eigenvalue weighted by Gasteiger charge is -2.29. The van der Waals surface area contributed by atoms with Crippen LogP contribution in [0.5, 0.6) is 0 Å². The zero-order valence-electron chi connectivity index (χ0n) is 10.3. The highest BCUT2D eigenvalue weighted by Crippen LogP contribution is 2.31. The third-order valence-corrected chi connectivity index (χ3v) is 4.36. The normalized spacial score (nSPS) is 25.9. The summed E-state index contributed by atoms with van der Waals surface area (Å²) in [6, 6.07) is 0. The summed E-state index contributed by atoms with van der Waals surface area (Å²) in [7, 11) is 0. The van der Waals surface area contributed by atoms with Crippen molar-refractivity contribution in [3.63, 3.8) is 0 Å².